The molecule has 3 aromatic rings. The van der Waals surface area contributed by atoms with Crippen molar-refractivity contribution >= 4 is 0 Å². The van der Waals surface area contributed by atoms with E-state index in [2.05, 4.69) is 12.1 Å². The highest BCUT2D eigenvalue weighted by Gasteiger charge is 2.10. The SMILES string of the molecule is Oc1cccc(-c2ccccc2)c1-c1ccccc1. The van der Waals surface area contributed by atoms with Gasteiger partial charge >= 0.3 is 0 Å². The first-order valence-corrected chi connectivity index (χ1v) is 6.29. The minimum Gasteiger partial charge on any atom is -0.507 e. The summed E-state index contributed by atoms with van der Waals surface area (Å²) in [6.45, 7) is 0. The van der Waals surface area contributed by atoms with Crippen LogP contribution in [0.15, 0.2) is 78.9 Å². The minimum atomic E-state index is 0.313. The first-order valence-electron chi connectivity index (χ1n) is 6.29. The summed E-state index contributed by atoms with van der Waals surface area (Å²) < 4.78 is 0. The van der Waals surface area contributed by atoms with Gasteiger partial charge in [-0.3, -0.25) is 0 Å². The average Bonchev–Trinajstić information content (AvgIpc) is 2.49. The zero-order valence-corrected chi connectivity index (χ0v) is 10.5. The molecule has 0 radical (unpaired) electrons. The largest absolute Gasteiger partial charge is 0.507 e. The molecule has 1 N–H and O–H groups in total. The lowest BCUT2D eigenvalue weighted by atomic mass is 9.94. The highest BCUT2D eigenvalue weighted by atomic mass is 16.3. The summed E-state index contributed by atoms with van der Waals surface area (Å²) in [6.07, 6.45) is 0. The van der Waals surface area contributed by atoms with Gasteiger partial charge in [0, 0.05) is 5.56 Å². The van der Waals surface area contributed by atoms with E-state index in [4.69, 9.17) is 0 Å². The number of phenolic OH excluding ortho intramolecular Hbond substituents is 1. The number of benzene rings is 3. The average molecular weight is 246 g/mol. The molecule has 1 nitrogen and oxygen atoms in total. The Morgan fingerprint density at radius 1 is 0.526 bits per heavy atom. The van der Waals surface area contributed by atoms with E-state index in [1.165, 1.54) is 0 Å². The van der Waals surface area contributed by atoms with Crippen molar-refractivity contribution in [2.24, 2.45) is 0 Å². The van der Waals surface area contributed by atoms with E-state index < -0.39 is 0 Å². The fourth-order valence-corrected chi connectivity index (χ4v) is 2.31. The van der Waals surface area contributed by atoms with Crippen LogP contribution in [0, 0.1) is 0 Å². The van der Waals surface area contributed by atoms with Crippen molar-refractivity contribution in [1.82, 2.24) is 0 Å². The Hall–Kier alpha value is -2.54. The number of hydrogen-bond acceptors (Lipinski definition) is 1. The molecule has 0 heterocycles. The molecule has 19 heavy (non-hydrogen) atoms. The van der Waals surface area contributed by atoms with Crippen LogP contribution in [-0.4, -0.2) is 5.11 Å². The van der Waals surface area contributed by atoms with Gasteiger partial charge in [-0.25, -0.2) is 0 Å². The molecule has 0 saturated carbocycles. The summed E-state index contributed by atoms with van der Waals surface area (Å²) in [7, 11) is 0. The third-order valence-electron chi connectivity index (χ3n) is 3.19. The first-order chi connectivity index (χ1) is 9.36. The zero-order valence-electron chi connectivity index (χ0n) is 10.5. The fourth-order valence-electron chi connectivity index (χ4n) is 2.31. The van der Waals surface area contributed by atoms with Crippen LogP contribution in [0.5, 0.6) is 5.75 Å². The maximum Gasteiger partial charge on any atom is 0.124 e. The second-order valence-corrected chi connectivity index (χ2v) is 4.43. The van der Waals surface area contributed by atoms with Crippen LogP contribution in [0.2, 0.25) is 0 Å². The molecule has 0 aliphatic rings. The van der Waals surface area contributed by atoms with Gasteiger partial charge in [-0.2, -0.15) is 0 Å². The molecular weight excluding hydrogens is 232 g/mol. The normalized spacial score (nSPS) is 10.3. The Kier molecular flexibility index (Phi) is 3.03. The van der Waals surface area contributed by atoms with Crippen molar-refractivity contribution in [3.05, 3.63) is 78.9 Å². The van der Waals surface area contributed by atoms with Crippen molar-refractivity contribution in [2.75, 3.05) is 0 Å². The molecule has 3 aromatic carbocycles. The standard InChI is InChI=1S/C18H14O/c19-17-13-7-12-16(14-8-3-1-4-9-14)18(17)15-10-5-2-6-11-15/h1-13,19H. The van der Waals surface area contributed by atoms with E-state index in [-0.39, 0.29) is 0 Å². The Morgan fingerprint density at radius 3 is 1.74 bits per heavy atom. The van der Waals surface area contributed by atoms with Crippen molar-refractivity contribution in [3.8, 4) is 28.0 Å². The second-order valence-electron chi connectivity index (χ2n) is 4.43. The lowest BCUT2D eigenvalue weighted by Gasteiger charge is -2.12. The van der Waals surface area contributed by atoms with Gasteiger partial charge in [-0.15, -0.1) is 0 Å². The fraction of sp³-hybridized carbons (Fsp3) is 0. The molecule has 1 heteroatoms. The minimum absolute atomic E-state index is 0.313. The maximum atomic E-state index is 10.2. The lowest BCUT2D eigenvalue weighted by molar-refractivity contribution is 0.477. The van der Waals surface area contributed by atoms with E-state index in [0.717, 1.165) is 22.3 Å². The Balaban J connectivity index is 2.25. The van der Waals surface area contributed by atoms with Gasteiger partial charge < -0.3 is 5.11 Å². The summed E-state index contributed by atoms with van der Waals surface area (Å²) in [5, 5.41) is 10.2. The van der Waals surface area contributed by atoms with E-state index in [0.29, 0.717) is 5.75 Å². The number of hydrogen-bond donors (Lipinski definition) is 1. The molecule has 0 unspecified atom stereocenters. The molecule has 0 atom stereocenters. The molecule has 92 valence electrons. The van der Waals surface area contributed by atoms with Crippen LogP contribution in [0.4, 0.5) is 0 Å². The van der Waals surface area contributed by atoms with Gasteiger partial charge in [0.2, 0.25) is 0 Å². The van der Waals surface area contributed by atoms with E-state index in [1.54, 1.807) is 6.07 Å². The van der Waals surface area contributed by atoms with E-state index >= 15 is 0 Å². The van der Waals surface area contributed by atoms with Gasteiger partial charge in [0.15, 0.2) is 0 Å². The summed E-state index contributed by atoms with van der Waals surface area (Å²) in [6, 6.07) is 25.7. The first kappa shape index (κ1) is 11.5. The molecule has 0 aromatic heterocycles. The molecule has 0 bridgehead atoms. The number of phenols is 1. The van der Waals surface area contributed by atoms with Crippen molar-refractivity contribution in [3.63, 3.8) is 0 Å². The monoisotopic (exact) mass is 246 g/mol. The highest BCUT2D eigenvalue weighted by Crippen LogP contribution is 2.38. The van der Waals surface area contributed by atoms with Gasteiger partial charge in [0.1, 0.15) is 5.75 Å². The van der Waals surface area contributed by atoms with Crippen molar-refractivity contribution < 1.29 is 5.11 Å². The second kappa shape index (κ2) is 4.99. The molecule has 3 rings (SSSR count). The van der Waals surface area contributed by atoms with Crippen LogP contribution in [-0.2, 0) is 0 Å². The third-order valence-corrected chi connectivity index (χ3v) is 3.19. The van der Waals surface area contributed by atoms with Crippen molar-refractivity contribution in [1.29, 1.82) is 0 Å². The molecule has 0 aliphatic heterocycles. The summed E-state index contributed by atoms with van der Waals surface area (Å²) in [4.78, 5) is 0. The Bertz CT molecular complexity index is 673. The summed E-state index contributed by atoms with van der Waals surface area (Å²) in [5.74, 6) is 0.313. The van der Waals surface area contributed by atoms with Crippen LogP contribution >= 0.6 is 0 Å². The van der Waals surface area contributed by atoms with Crippen LogP contribution in [0.25, 0.3) is 22.3 Å². The quantitative estimate of drug-likeness (QED) is 0.693. The third kappa shape index (κ3) is 2.23. The van der Waals surface area contributed by atoms with E-state index in [9.17, 15) is 5.11 Å². The van der Waals surface area contributed by atoms with Crippen LogP contribution in [0.1, 0.15) is 0 Å². The van der Waals surface area contributed by atoms with Gasteiger partial charge in [0.25, 0.3) is 0 Å². The lowest BCUT2D eigenvalue weighted by Crippen LogP contribution is -1.85. The molecule has 0 saturated heterocycles. The van der Waals surface area contributed by atoms with Gasteiger partial charge in [-0.1, -0.05) is 72.8 Å². The van der Waals surface area contributed by atoms with E-state index in [1.807, 2.05) is 60.7 Å². The molecule has 0 aliphatic carbocycles. The predicted molar refractivity (Wildman–Crippen MR) is 79.0 cm³/mol. The predicted octanol–water partition coefficient (Wildman–Crippen LogP) is 4.73. The highest BCUT2D eigenvalue weighted by molar-refractivity contribution is 5.87. The Morgan fingerprint density at radius 2 is 1.11 bits per heavy atom. The van der Waals surface area contributed by atoms with Gasteiger partial charge in [-0.05, 0) is 22.8 Å². The molecular formula is C18H14O. The summed E-state index contributed by atoms with van der Waals surface area (Å²) >= 11 is 0. The Labute approximate surface area is 112 Å². The maximum absolute atomic E-state index is 10.2. The smallest absolute Gasteiger partial charge is 0.124 e. The zero-order chi connectivity index (χ0) is 13.1. The molecule has 0 fully saturated rings. The van der Waals surface area contributed by atoms with Crippen LogP contribution in [0.3, 0.4) is 0 Å². The number of rotatable bonds is 2. The van der Waals surface area contributed by atoms with Crippen LogP contribution < -0.4 is 0 Å². The van der Waals surface area contributed by atoms with Gasteiger partial charge in [0.05, 0.1) is 0 Å². The number of aromatic hydroxyl groups is 1. The molecule has 0 amide bonds. The molecule has 0 spiro atoms. The van der Waals surface area contributed by atoms with Crippen molar-refractivity contribution in [2.45, 2.75) is 0 Å². The summed E-state index contributed by atoms with van der Waals surface area (Å²) in [5.41, 5.74) is 4.07. The topological polar surface area (TPSA) is 20.2 Å².